The lowest BCUT2D eigenvalue weighted by Gasteiger charge is -2.27. The van der Waals surface area contributed by atoms with E-state index in [1.54, 1.807) is 13.8 Å². The van der Waals surface area contributed by atoms with E-state index in [-0.39, 0.29) is 34.5 Å². The molecule has 0 saturated heterocycles. The number of ether oxygens (including phenoxy) is 2. The molecule has 0 spiro atoms. The molecule has 1 atom stereocenters. The van der Waals surface area contributed by atoms with E-state index in [1.165, 1.54) is 0 Å². The van der Waals surface area contributed by atoms with Gasteiger partial charge < -0.3 is 15.2 Å². The molecule has 2 N–H and O–H groups in total. The van der Waals surface area contributed by atoms with E-state index in [0.717, 1.165) is 22.9 Å². The summed E-state index contributed by atoms with van der Waals surface area (Å²) in [5.74, 6) is -1.17. The Bertz CT molecular complexity index is 1070. The maximum absolute atomic E-state index is 12.6. The van der Waals surface area contributed by atoms with E-state index in [1.807, 2.05) is 37.3 Å². The van der Waals surface area contributed by atoms with Crippen LogP contribution in [0.25, 0.3) is 10.9 Å². The van der Waals surface area contributed by atoms with Crippen LogP contribution in [-0.4, -0.2) is 17.6 Å². The van der Waals surface area contributed by atoms with Crippen LogP contribution in [-0.2, 0) is 20.7 Å². The Labute approximate surface area is 168 Å². The summed E-state index contributed by atoms with van der Waals surface area (Å²) in [6.07, 6.45) is 0.806. The lowest BCUT2D eigenvalue weighted by Crippen LogP contribution is -2.26. The number of hydrogen-bond donors (Lipinski definition) is 1. The topological polar surface area (TPSA) is 98.2 Å². The highest BCUT2D eigenvalue weighted by Crippen LogP contribution is 2.42. The highest BCUT2D eigenvalue weighted by Gasteiger charge is 2.37. The Hall–Kier alpha value is -3.04. The van der Waals surface area contributed by atoms with Crippen LogP contribution in [0.3, 0.4) is 0 Å². The van der Waals surface area contributed by atoms with E-state index in [0.29, 0.717) is 5.56 Å². The normalized spacial score (nSPS) is 16.8. The molecule has 6 nitrogen and oxygen atoms in total. The summed E-state index contributed by atoms with van der Waals surface area (Å²) >= 11 is 6.53. The number of aromatic nitrogens is 1. The van der Waals surface area contributed by atoms with Gasteiger partial charge in [0.2, 0.25) is 5.88 Å². The molecule has 0 fully saturated rings. The zero-order chi connectivity index (χ0) is 20.4. The Morgan fingerprint density at radius 2 is 2.18 bits per heavy atom. The third-order valence-corrected chi connectivity index (χ3v) is 5.01. The molecule has 1 aromatic heterocycles. The third-order valence-electron chi connectivity index (χ3n) is 4.70. The molecule has 7 heteroatoms. The number of fused-ring (bicyclic) bond motifs is 1. The molecule has 2 heterocycles. The number of aryl methyl sites for hydroxylation is 1. The van der Waals surface area contributed by atoms with Gasteiger partial charge in [-0.3, -0.25) is 0 Å². The summed E-state index contributed by atoms with van der Waals surface area (Å²) < 4.78 is 10.6. The quantitative estimate of drug-likeness (QED) is 0.616. The Kier molecular flexibility index (Phi) is 5.57. The van der Waals surface area contributed by atoms with E-state index < -0.39 is 11.9 Å². The van der Waals surface area contributed by atoms with Crippen LogP contribution < -0.4 is 5.73 Å². The largest absolute Gasteiger partial charge is 0.463 e. The second kappa shape index (κ2) is 7.91. The van der Waals surface area contributed by atoms with Crippen molar-refractivity contribution in [2.24, 2.45) is 5.73 Å². The zero-order valence-electron chi connectivity index (χ0n) is 15.9. The van der Waals surface area contributed by atoms with E-state index in [2.05, 4.69) is 4.98 Å². The number of nitrogens with zero attached hydrogens (tertiary/aromatic N) is 2. The fourth-order valence-electron chi connectivity index (χ4n) is 3.41. The average molecular weight is 398 g/mol. The van der Waals surface area contributed by atoms with Crippen LogP contribution in [0.4, 0.5) is 0 Å². The Balaban J connectivity index is 2.28. The van der Waals surface area contributed by atoms with Crippen LogP contribution in [0.15, 0.2) is 47.1 Å². The molecule has 0 saturated carbocycles. The summed E-state index contributed by atoms with van der Waals surface area (Å²) in [6, 6.07) is 9.74. The second-order valence-electron chi connectivity index (χ2n) is 6.33. The molecule has 0 radical (unpaired) electrons. The number of nitriles is 1. The van der Waals surface area contributed by atoms with Gasteiger partial charge in [0.25, 0.3) is 0 Å². The predicted octanol–water partition coefficient (Wildman–Crippen LogP) is 4.10. The third kappa shape index (κ3) is 3.30. The van der Waals surface area contributed by atoms with Crippen molar-refractivity contribution >= 4 is 28.5 Å². The van der Waals surface area contributed by atoms with Gasteiger partial charge in [-0.25, -0.2) is 9.78 Å². The van der Waals surface area contributed by atoms with Crippen LogP contribution in [0.2, 0.25) is 5.15 Å². The smallest absolute Gasteiger partial charge is 0.338 e. The first-order valence-corrected chi connectivity index (χ1v) is 9.34. The number of nitrogens with two attached hydrogens (primary N) is 1. The van der Waals surface area contributed by atoms with E-state index in [9.17, 15) is 10.1 Å². The molecule has 1 aliphatic rings. The molecule has 0 amide bonds. The molecular formula is C21H20ClN3O3. The predicted molar refractivity (Wildman–Crippen MR) is 106 cm³/mol. The summed E-state index contributed by atoms with van der Waals surface area (Å²) in [5.41, 5.74) is 8.59. The minimum absolute atomic E-state index is 0.0588. The fraction of sp³-hybridized carbons (Fsp3) is 0.286. The number of hydrogen-bond acceptors (Lipinski definition) is 6. The molecular weight excluding hydrogens is 378 g/mol. The van der Waals surface area contributed by atoms with E-state index in [4.69, 9.17) is 26.8 Å². The van der Waals surface area contributed by atoms with Crippen LogP contribution in [0, 0.1) is 11.3 Å². The Morgan fingerprint density at radius 1 is 1.43 bits per heavy atom. The number of carbonyl (C=O) groups excluding carboxylic acids is 1. The maximum Gasteiger partial charge on any atom is 0.338 e. The summed E-state index contributed by atoms with van der Waals surface area (Å²) in [7, 11) is 0. The molecule has 0 aliphatic carbocycles. The van der Waals surface area contributed by atoms with Crippen LogP contribution >= 0.6 is 11.6 Å². The molecule has 144 valence electrons. The van der Waals surface area contributed by atoms with Gasteiger partial charge in [0.05, 0.1) is 23.6 Å². The second-order valence-corrected chi connectivity index (χ2v) is 6.68. The minimum atomic E-state index is -0.813. The minimum Gasteiger partial charge on any atom is -0.463 e. The molecule has 3 rings (SSSR count). The first-order chi connectivity index (χ1) is 13.4. The summed E-state index contributed by atoms with van der Waals surface area (Å²) in [5, 5.41) is 10.8. The number of rotatable bonds is 4. The van der Waals surface area contributed by atoms with Gasteiger partial charge >= 0.3 is 5.97 Å². The number of esters is 1. The van der Waals surface area contributed by atoms with Crippen molar-refractivity contribution in [1.29, 1.82) is 5.26 Å². The van der Waals surface area contributed by atoms with E-state index >= 15 is 0 Å². The highest BCUT2D eigenvalue weighted by atomic mass is 35.5. The number of allylic oxidation sites excluding steroid dienone is 2. The average Bonchev–Trinajstić information content (AvgIpc) is 2.66. The summed E-state index contributed by atoms with van der Waals surface area (Å²) in [6.45, 7) is 5.54. The zero-order valence-corrected chi connectivity index (χ0v) is 16.6. The number of pyridine rings is 1. The number of halogens is 1. The molecule has 0 bridgehead atoms. The molecule has 28 heavy (non-hydrogen) atoms. The van der Waals surface area contributed by atoms with Crippen molar-refractivity contribution in [1.82, 2.24) is 4.98 Å². The number of para-hydroxylation sites is 1. The lowest BCUT2D eigenvalue weighted by molar-refractivity contribution is -0.139. The van der Waals surface area contributed by atoms with Gasteiger partial charge in [0.1, 0.15) is 22.6 Å². The lowest BCUT2D eigenvalue weighted by atomic mass is 9.83. The van der Waals surface area contributed by atoms with Crippen LogP contribution in [0.5, 0.6) is 0 Å². The van der Waals surface area contributed by atoms with Gasteiger partial charge in [-0.15, -0.1) is 0 Å². The van der Waals surface area contributed by atoms with Crippen molar-refractivity contribution in [3.8, 4) is 6.07 Å². The SMILES string of the molecule is CCOC(=O)C1=C(C)OC(N)=C(C#N)C1c1cc2cccc(CC)c2nc1Cl. The standard InChI is InChI=1S/C21H20ClN3O3/c1-4-12-7-6-8-13-9-14(19(22)25-18(12)13)17-15(10-23)20(24)28-11(3)16(17)21(26)27-5-2/h6-9,17H,4-5,24H2,1-3H3. The first-order valence-electron chi connectivity index (χ1n) is 8.96. The number of benzene rings is 1. The van der Waals surface area contributed by atoms with Gasteiger partial charge in [0, 0.05) is 10.9 Å². The summed E-state index contributed by atoms with van der Waals surface area (Å²) in [4.78, 5) is 17.2. The first kappa shape index (κ1) is 19.7. The van der Waals surface area contributed by atoms with Crippen LogP contribution in [0.1, 0.15) is 37.8 Å². The monoisotopic (exact) mass is 397 g/mol. The van der Waals surface area contributed by atoms with Crippen molar-refractivity contribution in [3.05, 3.63) is 63.3 Å². The van der Waals surface area contributed by atoms with Gasteiger partial charge in [0.15, 0.2) is 0 Å². The Morgan fingerprint density at radius 3 is 2.82 bits per heavy atom. The molecule has 1 unspecified atom stereocenters. The van der Waals surface area contributed by atoms with Crippen molar-refractivity contribution < 1.29 is 14.3 Å². The van der Waals surface area contributed by atoms with Crippen molar-refractivity contribution in [3.63, 3.8) is 0 Å². The number of carbonyl (C=O) groups is 1. The molecule has 2 aromatic rings. The van der Waals surface area contributed by atoms with Gasteiger partial charge in [-0.1, -0.05) is 36.7 Å². The van der Waals surface area contributed by atoms with Gasteiger partial charge in [-0.05, 0) is 31.9 Å². The highest BCUT2D eigenvalue weighted by molar-refractivity contribution is 6.31. The van der Waals surface area contributed by atoms with Crippen molar-refractivity contribution in [2.75, 3.05) is 6.61 Å². The fourth-order valence-corrected chi connectivity index (χ4v) is 3.66. The molecule has 1 aliphatic heterocycles. The maximum atomic E-state index is 12.6. The van der Waals surface area contributed by atoms with Crippen molar-refractivity contribution in [2.45, 2.75) is 33.1 Å². The molecule has 1 aromatic carbocycles. The van der Waals surface area contributed by atoms with Gasteiger partial charge in [-0.2, -0.15) is 5.26 Å².